The molecule has 1 unspecified atom stereocenters. The van der Waals surface area contributed by atoms with Crippen molar-refractivity contribution in [1.29, 1.82) is 0 Å². The van der Waals surface area contributed by atoms with Gasteiger partial charge in [-0.3, -0.25) is 0 Å². The van der Waals surface area contributed by atoms with Gasteiger partial charge in [-0.1, -0.05) is 57.6 Å². The number of halogens is 1. The minimum Gasteiger partial charge on any atom is -0.392 e. The maximum atomic E-state index is 10.1. The summed E-state index contributed by atoms with van der Waals surface area (Å²) in [6, 6.07) is 0. The highest BCUT2D eigenvalue weighted by atomic mass is 35.5. The van der Waals surface area contributed by atoms with Gasteiger partial charge in [0.25, 0.3) is 0 Å². The van der Waals surface area contributed by atoms with Gasteiger partial charge in [0.05, 0.1) is 6.10 Å². The molecule has 0 bridgehead atoms. The van der Waals surface area contributed by atoms with Crippen LogP contribution in [0.25, 0.3) is 0 Å². The number of rotatable bonds is 11. The van der Waals surface area contributed by atoms with Crippen molar-refractivity contribution in [3.63, 3.8) is 0 Å². The number of aliphatic hydroxyl groups is 1. The number of hydrogen-bond donors (Lipinski definition) is 1. The highest BCUT2D eigenvalue weighted by Crippen LogP contribution is 2.30. The third-order valence-corrected chi connectivity index (χ3v) is 3.91. The van der Waals surface area contributed by atoms with Gasteiger partial charge in [-0.2, -0.15) is 0 Å². The van der Waals surface area contributed by atoms with Crippen molar-refractivity contribution in [1.82, 2.24) is 0 Å². The van der Waals surface area contributed by atoms with Crippen LogP contribution >= 0.6 is 11.6 Å². The van der Waals surface area contributed by atoms with Crippen molar-refractivity contribution in [2.24, 2.45) is 5.41 Å². The minimum absolute atomic E-state index is 0.344. The molecule has 0 aliphatic carbocycles. The molecule has 2 heteroatoms. The zero-order chi connectivity index (χ0) is 13.1. The average Bonchev–Trinajstić information content (AvgIpc) is 2.36. The molecule has 0 aliphatic rings. The van der Waals surface area contributed by atoms with Crippen LogP contribution in [0, 0.1) is 5.41 Å². The van der Waals surface area contributed by atoms with Gasteiger partial charge >= 0.3 is 0 Å². The molecule has 1 atom stereocenters. The Labute approximate surface area is 112 Å². The summed E-state index contributed by atoms with van der Waals surface area (Å²) in [5.74, 6) is 0.344. The van der Waals surface area contributed by atoms with E-state index in [-0.39, 0.29) is 0 Å². The summed E-state index contributed by atoms with van der Waals surface area (Å²) >= 11 is 5.90. The van der Waals surface area contributed by atoms with Crippen LogP contribution < -0.4 is 0 Å². The fraction of sp³-hybridized carbons (Fsp3) is 0.733. The largest absolute Gasteiger partial charge is 0.392 e. The Morgan fingerprint density at radius 1 is 1.12 bits per heavy atom. The third kappa shape index (κ3) is 5.74. The van der Waals surface area contributed by atoms with Gasteiger partial charge in [-0.25, -0.2) is 0 Å². The van der Waals surface area contributed by atoms with Gasteiger partial charge < -0.3 is 5.11 Å². The summed E-state index contributed by atoms with van der Waals surface area (Å²) in [5, 5.41) is 10.1. The van der Waals surface area contributed by atoms with Crippen LogP contribution in [0.1, 0.15) is 51.9 Å². The van der Waals surface area contributed by atoms with E-state index in [0.29, 0.717) is 5.88 Å². The lowest BCUT2D eigenvalue weighted by Crippen LogP contribution is -2.33. The summed E-state index contributed by atoms with van der Waals surface area (Å²) in [6.45, 7) is 9.71. The molecule has 0 aromatic heterocycles. The molecule has 0 aromatic carbocycles. The lowest BCUT2D eigenvalue weighted by molar-refractivity contribution is 0.0898. The van der Waals surface area contributed by atoms with Gasteiger partial charge in [-0.05, 0) is 6.42 Å². The van der Waals surface area contributed by atoms with E-state index in [9.17, 15) is 5.11 Å². The average molecular weight is 259 g/mol. The summed E-state index contributed by atoms with van der Waals surface area (Å²) in [6.07, 6.45) is 11.1. The molecule has 100 valence electrons. The van der Waals surface area contributed by atoms with Crippen molar-refractivity contribution in [3.8, 4) is 0 Å². The molecule has 0 aliphatic heterocycles. The highest BCUT2D eigenvalue weighted by molar-refractivity contribution is 6.18. The van der Waals surface area contributed by atoms with E-state index in [1.54, 1.807) is 12.2 Å². The first-order valence-corrected chi connectivity index (χ1v) is 7.21. The molecular formula is C15H27ClO. The number of unbranched alkanes of at least 4 members (excludes halogenated alkanes) is 5. The summed E-state index contributed by atoms with van der Waals surface area (Å²) in [7, 11) is 0. The Balaban J connectivity index is 3.87. The Kier molecular flexibility index (Phi) is 9.57. The second-order valence-corrected chi connectivity index (χ2v) is 4.99. The van der Waals surface area contributed by atoms with E-state index in [1.807, 2.05) is 0 Å². The Morgan fingerprint density at radius 2 is 1.65 bits per heavy atom. The molecular weight excluding hydrogens is 232 g/mol. The first-order chi connectivity index (χ1) is 8.16. The fourth-order valence-electron chi connectivity index (χ4n) is 1.94. The van der Waals surface area contributed by atoms with Crippen LogP contribution in [0.3, 0.4) is 0 Å². The van der Waals surface area contributed by atoms with Gasteiger partial charge in [0.1, 0.15) is 0 Å². The Morgan fingerprint density at radius 3 is 2.12 bits per heavy atom. The predicted octanol–water partition coefficient (Wildman–Crippen LogP) is 4.70. The summed E-state index contributed by atoms with van der Waals surface area (Å²) in [5.41, 5.74) is -0.523. The zero-order valence-electron chi connectivity index (χ0n) is 11.1. The molecule has 17 heavy (non-hydrogen) atoms. The lowest BCUT2D eigenvalue weighted by Gasteiger charge is -2.30. The molecule has 0 spiro atoms. The highest BCUT2D eigenvalue weighted by Gasteiger charge is 2.30. The van der Waals surface area contributed by atoms with Crippen LogP contribution in [0.2, 0.25) is 0 Å². The molecule has 0 rings (SSSR count). The predicted molar refractivity (Wildman–Crippen MR) is 77.5 cm³/mol. The molecule has 0 saturated carbocycles. The van der Waals surface area contributed by atoms with Crippen LogP contribution in [0.4, 0.5) is 0 Å². The van der Waals surface area contributed by atoms with Crippen molar-refractivity contribution in [2.75, 3.05) is 5.88 Å². The molecule has 1 nitrogen and oxygen atoms in total. The van der Waals surface area contributed by atoms with E-state index in [4.69, 9.17) is 11.6 Å². The molecule has 0 radical (unpaired) electrons. The topological polar surface area (TPSA) is 20.2 Å². The Hall–Kier alpha value is -0.270. The van der Waals surface area contributed by atoms with E-state index in [2.05, 4.69) is 20.1 Å². The van der Waals surface area contributed by atoms with Crippen LogP contribution in [-0.2, 0) is 0 Å². The van der Waals surface area contributed by atoms with Gasteiger partial charge in [0.15, 0.2) is 0 Å². The van der Waals surface area contributed by atoms with Gasteiger partial charge in [0, 0.05) is 11.3 Å². The molecule has 1 N–H and O–H groups in total. The maximum Gasteiger partial charge on any atom is 0.0677 e. The minimum atomic E-state index is -0.523. The fourth-order valence-corrected chi connectivity index (χ4v) is 2.34. The van der Waals surface area contributed by atoms with Crippen molar-refractivity contribution >= 4 is 11.6 Å². The normalized spacial score (nSPS) is 13.4. The quantitative estimate of drug-likeness (QED) is 0.324. The monoisotopic (exact) mass is 258 g/mol. The first kappa shape index (κ1) is 16.7. The second kappa shape index (κ2) is 9.73. The molecule has 0 aromatic rings. The number of aliphatic hydroxyl groups excluding tert-OH is 1. The number of alkyl halides is 1. The summed E-state index contributed by atoms with van der Waals surface area (Å²) < 4.78 is 0. The van der Waals surface area contributed by atoms with E-state index in [1.165, 1.54) is 32.1 Å². The van der Waals surface area contributed by atoms with Crippen molar-refractivity contribution in [3.05, 3.63) is 25.3 Å². The zero-order valence-corrected chi connectivity index (χ0v) is 11.9. The van der Waals surface area contributed by atoms with Crippen LogP contribution in [0.5, 0.6) is 0 Å². The van der Waals surface area contributed by atoms with Crippen LogP contribution in [-0.4, -0.2) is 17.1 Å². The van der Waals surface area contributed by atoms with Crippen LogP contribution in [0.15, 0.2) is 25.3 Å². The summed E-state index contributed by atoms with van der Waals surface area (Å²) in [4.78, 5) is 0. The lowest BCUT2D eigenvalue weighted by atomic mass is 9.82. The van der Waals surface area contributed by atoms with E-state index in [0.717, 1.165) is 12.8 Å². The van der Waals surface area contributed by atoms with Gasteiger partial charge in [0.2, 0.25) is 0 Å². The first-order valence-electron chi connectivity index (χ1n) is 6.68. The molecule has 0 heterocycles. The van der Waals surface area contributed by atoms with Gasteiger partial charge in [-0.15, -0.1) is 24.8 Å². The third-order valence-electron chi connectivity index (χ3n) is 3.44. The standard InChI is InChI=1S/C15H27ClO/c1-4-7-8-9-10-11-12-14(17)15(5-2,6-3)13-16/h5-6,14,17H,2-4,7-13H2,1H3. The van der Waals surface area contributed by atoms with E-state index >= 15 is 0 Å². The van der Waals surface area contributed by atoms with Crippen molar-refractivity contribution < 1.29 is 5.11 Å². The Bertz CT molecular complexity index is 205. The molecule has 0 fully saturated rings. The van der Waals surface area contributed by atoms with Crippen molar-refractivity contribution in [2.45, 2.75) is 58.0 Å². The molecule has 0 amide bonds. The second-order valence-electron chi connectivity index (χ2n) is 4.73. The number of hydrogen-bond acceptors (Lipinski definition) is 1. The molecule has 0 saturated heterocycles. The smallest absolute Gasteiger partial charge is 0.0677 e. The SMILES string of the molecule is C=CC(C=C)(CCl)C(O)CCCCCCCC. The van der Waals surface area contributed by atoms with E-state index < -0.39 is 11.5 Å². The maximum absolute atomic E-state index is 10.1.